The van der Waals surface area contributed by atoms with Gasteiger partial charge in [-0.2, -0.15) is 0 Å². The summed E-state index contributed by atoms with van der Waals surface area (Å²) >= 11 is 1.14. The van der Waals surface area contributed by atoms with E-state index in [0.29, 0.717) is 0 Å². The molecule has 0 spiro atoms. The molecule has 1 aromatic heterocycles. The number of aromatic nitrogens is 1. The highest BCUT2D eigenvalue weighted by atomic mass is 32.2. The summed E-state index contributed by atoms with van der Waals surface area (Å²) in [7, 11) is -3.66. The molecule has 1 fully saturated rings. The monoisotopic (exact) mass is 309 g/mol. The van der Waals surface area contributed by atoms with Gasteiger partial charge in [-0.1, -0.05) is 41.7 Å². The summed E-state index contributed by atoms with van der Waals surface area (Å²) in [4.78, 5) is 6.39. The van der Waals surface area contributed by atoms with Gasteiger partial charge >= 0.3 is 0 Å². The second-order valence-electron chi connectivity index (χ2n) is 4.77. The number of thiazole rings is 1. The van der Waals surface area contributed by atoms with Gasteiger partial charge in [-0.15, -0.1) is 0 Å². The Morgan fingerprint density at radius 1 is 1.30 bits per heavy atom. The molecule has 1 unspecified atom stereocenters. The largest absolute Gasteiger partial charge is 0.341 e. The second kappa shape index (κ2) is 5.16. The fourth-order valence-electron chi connectivity index (χ4n) is 2.53. The molecule has 3 rings (SSSR count). The van der Waals surface area contributed by atoms with Gasteiger partial charge in [0, 0.05) is 6.54 Å². The van der Waals surface area contributed by atoms with Gasteiger partial charge in [-0.05, 0) is 18.4 Å². The van der Waals surface area contributed by atoms with E-state index < -0.39 is 10.0 Å². The number of primary sulfonamides is 1. The van der Waals surface area contributed by atoms with Crippen LogP contribution in [0.3, 0.4) is 0 Å². The van der Waals surface area contributed by atoms with Crippen LogP contribution in [0.25, 0.3) is 0 Å². The van der Waals surface area contributed by atoms with Crippen molar-refractivity contribution in [2.75, 3.05) is 11.4 Å². The zero-order valence-electron chi connectivity index (χ0n) is 10.8. The van der Waals surface area contributed by atoms with Crippen molar-refractivity contribution in [3.63, 3.8) is 0 Å². The van der Waals surface area contributed by atoms with E-state index in [-0.39, 0.29) is 10.3 Å². The predicted octanol–water partition coefficient (Wildman–Crippen LogP) is 2.13. The van der Waals surface area contributed by atoms with Gasteiger partial charge in [-0.3, -0.25) is 0 Å². The third-order valence-electron chi connectivity index (χ3n) is 3.44. The van der Waals surface area contributed by atoms with E-state index in [0.717, 1.165) is 35.9 Å². The molecule has 1 aromatic carbocycles. The van der Waals surface area contributed by atoms with Gasteiger partial charge in [0.15, 0.2) is 9.34 Å². The lowest BCUT2D eigenvalue weighted by atomic mass is 10.1. The fraction of sp³-hybridized carbons (Fsp3) is 0.308. The molecule has 2 aromatic rings. The second-order valence-corrected chi connectivity index (χ2v) is 7.57. The highest BCUT2D eigenvalue weighted by Crippen LogP contribution is 2.38. The van der Waals surface area contributed by atoms with Gasteiger partial charge in [-0.25, -0.2) is 18.5 Å². The first-order valence-electron chi connectivity index (χ1n) is 6.36. The number of nitrogens with zero attached hydrogens (tertiary/aromatic N) is 2. The van der Waals surface area contributed by atoms with E-state index in [1.807, 2.05) is 18.2 Å². The van der Waals surface area contributed by atoms with Gasteiger partial charge in [0.25, 0.3) is 0 Å². The van der Waals surface area contributed by atoms with Gasteiger partial charge in [0.1, 0.15) is 0 Å². The summed E-state index contributed by atoms with van der Waals surface area (Å²) in [6.07, 6.45) is 3.47. The summed E-state index contributed by atoms with van der Waals surface area (Å²) in [6.45, 7) is 0.886. The molecule has 0 bridgehead atoms. The Balaban J connectivity index is 1.91. The number of hydrogen-bond donors (Lipinski definition) is 1. The summed E-state index contributed by atoms with van der Waals surface area (Å²) in [6, 6.07) is 10.5. The molecular weight excluding hydrogens is 294 g/mol. The lowest BCUT2D eigenvalue weighted by Gasteiger charge is -2.24. The standard InChI is InChI=1S/C13H15N3O2S2/c14-20(17,18)12-9-15-13(19-12)16-8-4-7-11(16)10-5-2-1-3-6-10/h1-3,5-6,9,11H,4,7-8H2,(H2,14,17,18). The van der Waals surface area contributed by atoms with Crippen LogP contribution in [0.15, 0.2) is 40.7 Å². The van der Waals surface area contributed by atoms with Gasteiger partial charge in [0.2, 0.25) is 10.0 Å². The average molecular weight is 309 g/mol. The Morgan fingerprint density at radius 3 is 2.70 bits per heavy atom. The molecule has 2 heterocycles. The molecule has 0 amide bonds. The lowest BCUT2D eigenvalue weighted by Crippen LogP contribution is -2.22. The number of rotatable bonds is 3. The summed E-state index contributed by atoms with van der Waals surface area (Å²) in [5.74, 6) is 0. The maximum absolute atomic E-state index is 11.3. The van der Waals surface area contributed by atoms with Crippen molar-refractivity contribution in [1.82, 2.24) is 4.98 Å². The van der Waals surface area contributed by atoms with Crippen molar-refractivity contribution in [2.24, 2.45) is 5.14 Å². The topological polar surface area (TPSA) is 76.3 Å². The fourth-order valence-corrected chi connectivity index (χ4v) is 4.15. The highest BCUT2D eigenvalue weighted by molar-refractivity contribution is 7.91. The summed E-state index contributed by atoms with van der Waals surface area (Å²) in [5, 5.41) is 5.86. The van der Waals surface area contributed by atoms with E-state index >= 15 is 0 Å². The van der Waals surface area contributed by atoms with Crippen molar-refractivity contribution >= 4 is 26.5 Å². The number of anilines is 1. The molecule has 0 aliphatic carbocycles. The first-order chi connectivity index (χ1) is 9.55. The molecule has 1 aliphatic rings. The third-order valence-corrected chi connectivity index (χ3v) is 5.88. The summed E-state index contributed by atoms with van der Waals surface area (Å²) < 4.78 is 22.8. The zero-order chi connectivity index (χ0) is 14.2. The zero-order valence-corrected chi connectivity index (χ0v) is 12.4. The Kier molecular flexibility index (Phi) is 3.49. The van der Waals surface area contributed by atoms with Crippen LogP contribution in [-0.2, 0) is 10.0 Å². The van der Waals surface area contributed by atoms with E-state index in [2.05, 4.69) is 22.0 Å². The molecule has 20 heavy (non-hydrogen) atoms. The van der Waals surface area contributed by atoms with E-state index in [9.17, 15) is 8.42 Å². The van der Waals surface area contributed by atoms with Gasteiger partial charge in [0.05, 0.1) is 12.2 Å². The molecule has 0 radical (unpaired) electrons. The molecule has 1 aliphatic heterocycles. The maximum atomic E-state index is 11.3. The molecule has 2 N–H and O–H groups in total. The first kappa shape index (κ1) is 13.5. The van der Waals surface area contributed by atoms with E-state index in [1.165, 1.54) is 11.8 Å². The number of hydrogen-bond acceptors (Lipinski definition) is 5. The van der Waals surface area contributed by atoms with Crippen LogP contribution in [0.4, 0.5) is 5.13 Å². The quantitative estimate of drug-likeness (QED) is 0.942. The summed E-state index contributed by atoms with van der Waals surface area (Å²) in [5.41, 5.74) is 1.23. The molecule has 106 valence electrons. The number of sulfonamides is 1. The lowest BCUT2D eigenvalue weighted by molar-refractivity contribution is 0.599. The van der Waals surface area contributed by atoms with E-state index in [4.69, 9.17) is 5.14 Å². The van der Waals surface area contributed by atoms with Crippen molar-refractivity contribution in [1.29, 1.82) is 0 Å². The van der Waals surface area contributed by atoms with Crippen molar-refractivity contribution in [3.8, 4) is 0 Å². The molecule has 0 saturated carbocycles. The number of nitrogens with two attached hydrogens (primary N) is 1. The van der Waals surface area contributed by atoms with Crippen molar-refractivity contribution in [3.05, 3.63) is 42.1 Å². The number of benzene rings is 1. The minimum Gasteiger partial charge on any atom is -0.341 e. The first-order valence-corrected chi connectivity index (χ1v) is 8.72. The average Bonchev–Trinajstić information content (AvgIpc) is 3.07. The molecule has 1 atom stereocenters. The van der Waals surface area contributed by atoms with E-state index in [1.54, 1.807) is 0 Å². The maximum Gasteiger partial charge on any atom is 0.249 e. The molecule has 5 nitrogen and oxygen atoms in total. The normalized spacial score (nSPS) is 19.4. The third kappa shape index (κ3) is 2.56. The van der Waals surface area contributed by atoms with Crippen molar-refractivity contribution in [2.45, 2.75) is 23.1 Å². The van der Waals surface area contributed by atoms with Crippen LogP contribution in [-0.4, -0.2) is 19.9 Å². The smallest absolute Gasteiger partial charge is 0.249 e. The Morgan fingerprint density at radius 2 is 2.05 bits per heavy atom. The van der Waals surface area contributed by atoms with Crippen LogP contribution in [0.5, 0.6) is 0 Å². The minimum absolute atomic E-state index is 0.117. The van der Waals surface area contributed by atoms with Crippen molar-refractivity contribution < 1.29 is 8.42 Å². The van der Waals surface area contributed by atoms with Crippen LogP contribution < -0.4 is 10.0 Å². The van der Waals surface area contributed by atoms with Crippen LogP contribution in [0, 0.1) is 0 Å². The molecular formula is C13H15N3O2S2. The SMILES string of the molecule is NS(=O)(=O)c1cnc(N2CCCC2c2ccccc2)s1. The highest BCUT2D eigenvalue weighted by Gasteiger charge is 2.28. The predicted molar refractivity (Wildman–Crippen MR) is 79.3 cm³/mol. The van der Waals surface area contributed by atoms with Gasteiger partial charge < -0.3 is 4.90 Å². The van der Waals surface area contributed by atoms with Crippen LogP contribution in [0.2, 0.25) is 0 Å². The Bertz CT molecular complexity index is 697. The Labute approximate surface area is 122 Å². The Hall–Kier alpha value is -1.44. The van der Waals surface area contributed by atoms with Crippen LogP contribution in [0.1, 0.15) is 24.4 Å². The minimum atomic E-state index is -3.66. The molecule has 1 saturated heterocycles. The van der Waals surface area contributed by atoms with Crippen LogP contribution >= 0.6 is 11.3 Å². The molecule has 7 heteroatoms.